The molecule has 0 aliphatic rings. The van der Waals surface area contributed by atoms with Gasteiger partial charge >= 0.3 is 5.97 Å². The highest BCUT2D eigenvalue weighted by Crippen LogP contribution is 2.29. The number of anilines is 1. The molecular weight excluding hydrogens is 480 g/mol. The number of rotatable bonds is 13. The van der Waals surface area contributed by atoms with Gasteiger partial charge < -0.3 is 19.5 Å². The molecule has 1 heterocycles. The molecule has 10 heteroatoms. The molecule has 0 radical (unpaired) electrons. The van der Waals surface area contributed by atoms with Crippen LogP contribution in [0.1, 0.15) is 35.1 Å². The summed E-state index contributed by atoms with van der Waals surface area (Å²) in [4.78, 5) is 24.6. The molecule has 0 spiro atoms. The zero-order valence-corrected chi connectivity index (χ0v) is 21.5. The largest absolute Gasteiger partial charge is 0.493 e. The van der Waals surface area contributed by atoms with Crippen molar-refractivity contribution in [2.45, 2.75) is 38.6 Å². The normalized spacial score (nSPS) is 10.5. The zero-order valence-electron chi connectivity index (χ0n) is 20.7. The van der Waals surface area contributed by atoms with Gasteiger partial charge in [-0.15, -0.1) is 16.8 Å². The number of methoxy groups -OCH3 is 1. The van der Waals surface area contributed by atoms with Crippen LogP contribution < -0.4 is 14.8 Å². The number of esters is 1. The summed E-state index contributed by atoms with van der Waals surface area (Å²) in [6.07, 6.45) is 2.47. The Morgan fingerprint density at radius 2 is 2.00 bits per heavy atom. The average Bonchev–Trinajstić information content (AvgIpc) is 3.26. The molecule has 0 saturated carbocycles. The number of carbonyl (C=O) groups excluding carboxylic acids is 2. The van der Waals surface area contributed by atoms with Gasteiger partial charge in [0.25, 0.3) is 0 Å². The maximum Gasteiger partial charge on any atom is 0.338 e. The first-order valence-electron chi connectivity index (χ1n) is 11.4. The van der Waals surface area contributed by atoms with E-state index in [-0.39, 0.29) is 18.3 Å². The molecule has 0 unspecified atom stereocenters. The summed E-state index contributed by atoms with van der Waals surface area (Å²) in [6.45, 7) is 8.69. The Hall–Kier alpha value is -3.79. The van der Waals surface area contributed by atoms with Crippen LogP contribution in [0, 0.1) is 6.92 Å². The van der Waals surface area contributed by atoms with Gasteiger partial charge in [0.15, 0.2) is 22.5 Å². The van der Waals surface area contributed by atoms with Gasteiger partial charge in [-0.05, 0) is 49.2 Å². The molecule has 1 amide bonds. The van der Waals surface area contributed by atoms with Gasteiger partial charge in [-0.3, -0.25) is 9.36 Å². The van der Waals surface area contributed by atoms with Crippen LogP contribution in [0.2, 0.25) is 0 Å². The standard InChI is InChI=1S/C26H30N4O5S/c1-5-12-30-23(16-35-21-11-10-18(3)14-22(21)33-4)28-29-26(30)36-17-24(31)27-20-9-7-8-19(15-20)25(32)34-13-6-2/h5,7-11,14-15H,1,6,12-13,16-17H2,2-4H3,(H,27,31). The molecule has 2 aromatic carbocycles. The second-order valence-electron chi connectivity index (χ2n) is 7.79. The lowest BCUT2D eigenvalue weighted by atomic mass is 10.2. The summed E-state index contributed by atoms with van der Waals surface area (Å²) >= 11 is 1.25. The lowest BCUT2D eigenvalue weighted by molar-refractivity contribution is -0.113. The van der Waals surface area contributed by atoms with Crippen molar-refractivity contribution >= 4 is 29.3 Å². The predicted octanol–water partition coefficient (Wildman–Crippen LogP) is 4.66. The van der Waals surface area contributed by atoms with Crippen molar-refractivity contribution in [3.8, 4) is 11.5 Å². The molecule has 1 N–H and O–H groups in total. The summed E-state index contributed by atoms with van der Waals surface area (Å²) in [5.41, 5.74) is 1.96. The molecule has 1 aromatic heterocycles. The Bertz CT molecular complexity index is 1210. The topological polar surface area (TPSA) is 105 Å². The van der Waals surface area contributed by atoms with E-state index in [0.29, 0.717) is 46.9 Å². The molecule has 0 bridgehead atoms. The van der Waals surface area contributed by atoms with E-state index in [4.69, 9.17) is 14.2 Å². The molecule has 190 valence electrons. The van der Waals surface area contributed by atoms with Crippen LogP contribution in [0.3, 0.4) is 0 Å². The van der Waals surface area contributed by atoms with Crippen LogP contribution in [0.15, 0.2) is 60.3 Å². The van der Waals surface area contributed by atoms with E-state index in [1.54, 1.807) is 37.5 Å². The molecule has 0 fully saturated rings. The fourth-order valence-electron chi connectivity index (χ4n) is 3.21. The summed E-state index contributed by atoms with van der Waals surface area (Å²) in [5, 5.41) is 11.8. The van der Waals surface area contributed by atoms with E-state index in [1.807, 2.05) is 36.6 Å². The molecular formula is C26H30N4O5S. The van der Waals surface area contributed by atoms with Gasteiger partial charge in [0.1, 0.15) is 6.61 Å². The fourth-order valence-corrected chi connectivity index (χ4v) is 3.98. The lowest BCUT2D eigenvalue weighted by Crippen LogP contribution is -2.15. The van der Waals surface area contributed by atoms with Gasteiger partial charge in [0, 0.05) is 12.2 Å². The number of allylic oxidation sites excluding steroid dienone is 1. The van der Waals surface area contributed by atoms with Crippen LogP contribution in [-0.2, 0) is 22.7 Å². The van der Waals surface area contributed by atoms with Crippen LogP contribution in [-0.4, -0.2) is 46.1 Å². The van der Waals surface area contributed by atoms with E-state index in [1.165, 1.54) is 11.8 Å². The van der Waals surface area contributed by atoms with Crippen LogP contribution in [0.5, 0.6) is 11.5 Å². The number of amides is 1. The highest BCUT2D eigenvalue weighted by molar-refractivity contribution is 7.99. The summed E-state index contributed by atoms with van der Waals surface area (Å²) < 4.78 is 18.3. The zero-order chi connectivity index (χ0) is 25.9. The van der Waals surface area contributed by atoms with Crippen molar-refractivity contribution < 1.29 is 23.8 Å². The number of aromatic nitrogens is 3. The maximum atomic E-state index is 12.6. The number of nitrogens with zero attached hydrogens (tertiary/aromatic N) is 3. The van der Waals surface area contributed by atoms with E-state index in [9.17, 15) is 9.59 Å². The molecule has 0 saturated heterocycles. The van der Waals surface area contributed by atoms with E-state index in [2.05, 4.69) is 22.1 Å². The van der Waals surface area contributed by atoms with Crippen molar-refractivity contribution in [2.24, 2.45) is 0 Å². The minimum atomic E-state index is -0.419. The van der Waals surface area contributed by atoms with Crippen molar-refractivity contribution in [3.05, 3.63) is 72.1 Å². The average molecular weight is 511 g/mol. The first kappa shape index (κ1) is 26.8. The number of benzene rings is 2. The van der Waals surface area contributed by atoms with Crippen molar-refractivity contribution in [3.63, 3.8) is 0 Å². The number of nitrogens with one attached hydrogen (secondary N) is 1. The quantitative estimate of drug-likeness (QED) is 0.201. The molecule has 36 heavy (non-hydrogen) atoms. The number of aryl methyl sites for hydroxylation is 1. The first-order chi connectivity index (χ1) is 17.4. The minimum Gasteiger partial charge on any atom is -0.493 e. The first-order valence-corrected chi connectivity index (χ1v) is 12.4. The predicted molar refractivity (Wildman–Crippen MR) is 139 cm³/mol. The van der Waals surface area contributed by atoms with Gasteiger partial charge in [0.2, 0.25) is 5.91 Å². The molecule has 0 aliphatic heterocycles. The summed E-state index contributed by atoms with van der Waals surface area (Å²) in [6, 6.07) is 12.3. The van der Waals surface area contributed by atoms with Crippen molar-refractivity contribution in [1.82, 2.24) is 14.8 Å². The molecule has 3 rings (SSSR count). The second kappa shape index (κ2) is 13.3. The van der Waals surface area contributed by atoms with Crippen LogP contribution in [0.25, 0.3) is 0 Å². The monoisotopic (exact) mass is 510 g/mol. The van der Waals surface area contributed by atoms with Gasteiger partial charge in [0.05, 0.1) is 25.0 Å². The Balaban J connectivity index is 1.61. The Morgan fingerprint density at radius 1 is 1.17 bits per heavy atom. The number of ether oxygens (including phenoxy) is 3. The van der Waals surface area contributed by atoms with E-state index < -0.39 is 5.97 Å². The Kier molecular flexibility index (Phi) is 9.93. The van der Waals surface area contributed by atoms with Crippen molar-refractivity contribution in [2.75, 3.05) is 24.8 Å². The van der Waals surface area contributed by atoms with Gasteiger partial charge in [-0.25, -0.2) is 4.79 Å². The number of hydrogen-bond donors (Lipinski definition) is 1. The smallest absolute Gasteiger partial charge is 0.338 e. The highest BCUT2D eigenvalue weighted by atomic mass is 32.2. The van der Waals surface area contributed by atoms with Gasteiger partial charge in [-0.2, -0.15) is 0 Å². The Labute approximate surface area is 214 Å². The van der Waals surface area contributed by atoms with E-state index in [0.717, 1.165) is 12.0 Å². The summed E-state index contributed by atoms with van der Waals surface area (Å²) in [5.74, 6) is 1.28. The third-order valence-corrected chi connectivity index (χ3v) is 5.90. The number of thioether (sulfide) groups is 1. The third-order valence-electron chi connectivity index (χ3n) is 4.93. The summed E-state index contributed by atoms with van der Waals surface area (Å²) in [7, 11) is 1.59. The molecule has 0 aliphatic carbocycles. The van der Waals surface area contributed by atoms with Gasteiger partial charge in [-0.1, -0.05) is 36.9 Å². The SMILES string of the molecule is C=CCn1c(COc2ccc(C)cc2OC)nnc1SCC(=O)Nc1cccc(C(=O)OCCC)c1. The molecule has 9 nitrogen and oxygen atoms in total. The molecule has 0 atom stereocenters. The third kappa shape index (κ3) is 7.35. The van der Waals surface area contributed by atoms with Crippen LogP contribution >= 0.6 is 11.8 Å². The minimum absolute atomic E-state index is 0.104. The Morgan fingerprint density at radius 3 is 2.75 bits per heavy atom. The number of hydrogen-bond acceptors (Lipinski definition) is 8. The second-order valence-corrected chi connectivity index (χ2v) is 8.74. The number of carbonyl (C=O) groups is 2. The van der Waals surface area contributed by atoms with Crippen molar-refractivity contribution in [1.29, 1.82) is 0 Å². The van der Waals surface area contributed by atoms with E-state index >= 15 is 0 Å². The highest BCUT2D eigenvalue weighted by Gasteiger charge is 2.16. The van der Waals surface area contributed by atoms with Crippen LogP contribution in [0.4, 0.5) is 5.69 Å². The maximum absolute atomic E-state index is 12.6. The molecule has 3 aromatic rings. The fraction of sp³-hybridized carbons (Fsp3) is 0.308. The lowest BCUT2D eigenvalue weighted by Gasteiger charge is -2.12.